The fraction of sp³-hybridized carbons (Fsp3) is 0.727. The molecule has 0 fully saturated rings. The second kappa shape index (κ2) is 8.74. The maximum absolute atomic E-state index is 5.50. The van der Waals surface area contributed by atoms with E-state index in [1.54, 1.807) is 0 Å². The zero-order valence-electron chi connectivity index (χ0n) is 11.0. The van der Waals surface area contributed by atoms with Gasteiger partial charge in [0.1, 0.15) is 0 Å². The number of hydrogen-bond acceptors (Lipinski definition) is 6. The average Bonchev–Trinajstić information content (AvgIpc) is 2.28. The van der Waals surface area contributed by atoms with Crippen LogP contribution in [-0.4, -0.2) is 21.5 Å². The van der Waals surface area contributed by atoms with Gasteiger partial charge in [-0.15, -0.1) is 12.4 Å². The van der Waals surface area contributed by atoms with Gasteiger partial charge in [0.25, 0.3) is 0 Å². The summed E-state index contributed by atoms with van der Waals surface area (Å²) in [6.45, 7) is 5.24. The standard InChI is InChI=1S/C11H22N6.ClH/c1-3-5-6-8(4-2)7-14-11-16-9(12)15-10(13)17-11;/h8H,3-7H2,1-2H3,(H5,12,13,14,15,16,17);1H. The quantitative estimate of drug-likeness (QED) is 0.703. The maximum Gasteiger partial charge on any atom is 0.229 e. The van der Waals surface area contributed by atoms with Crippen molar-refractivity contribution in [3.05, 3.63) is 0 Å². The van der Waals surface area contributed by atoms with Crippen LogP contribution in [0.5, 0.6) is 0 Å². The molecule has 0 saturated heterocycles. The van der Waals surface area contributed by atoms with Gasteiger partial charge in [-0.25, -0.2) is 0 Å². The van der Waals surface area contributed by atoms with Gasteiger partial charge in [0.2, 0.25) is 17.8 Å². The summed E-state index contributed by atoms with van der Waals surface area (Å²) >= 11 is 0. The second-order valence-corrected chi connectivity index (χ2v) is 4.17. The zero-order chi connectivity index (χ0) is 12.7. The molecule has 6 nitrogen and oxygen atoms in total. The lowest BCUT2D eigenvalue weighted by molar-refractivity contribution is 0.472. The number of aromatic nitrogens is 3. The molecule has 5 N–H and O–H groups in total. The van der Waals surface area contributed by atoms with Crippen LogP contribution in [0.15, 0.2) is 0 Å². The molecule has 1 unspecified atom stereocenters. The molecule has 0 aliphatic carbocycles. The van der Waals surface area contributed by atoms with Gasteiger partial charge in [-0.3, -0.25) is 0 Å². The van der Waals surface area contributed by atoms with Crippen molar-refractivity contribution in [2.45, 2.75) is 39.5 Å². The summed E-state index contributed by atoms with van der Waals surface area (Å²) in [5.41, 5.74) is 11.0. The Morgan fingerprint density at radius 2 is 1.72 bits per heavy atom. The average molecular weight is 275 g/mol. The molecule has 0 aromatic carbocycles. The number of nitrogens with zero attached hydrogens (tertiary/aromatic N) is 3. The summed E-state index contributed by atoms with van der Waals surface area (Å²) in [4.78, 5) is 11.7. The molecule has 104 valence electrons. The number of nitrogen functional groups attached to an aromatic ring is 2. The van der Waals surface area contributed by atoms with E-state index in [1.807, 2.05) is 0 Å². The first kappa shape index (κ1) is 16.7. The second-order valence-electron chi connectivity index (χ2n) is 4.17. The number of halogens is 1. The number of nitrogens with one attached hydrogen (secondary N) is 1. The van der Waals surface area contributed by atoms with Gasteiger partial charge in [0.15, 0.2) is 0 Å². The van der Waals surface area contributed by atoms with Crippen molar-refractivity contribution in [2.75, 3.05) is 23.3 Å². The lowest BCUT2D eigenvalue weighted by Gasteiger charge is -2.15. The largest absolute Gasteiger partial charge is 0.368 e. The van der Waals surface area contributed by atoms with Crippen molar-refractivity contribution >= 4 is 30.3 Å². The Morgan fingerprint density at radius 1 is 1.11 bits per heavy atom. The van der Waals surface area contributed by atoms with E-state index in [4.69, 9.17) is 11.5 Å². The lowest BCUT2D eigenvalue weighted by Crippen LogP contribution is -2.16. The van der Waals surface area contributed by atoms with Crippen LogP contribution < -0.4 is 16.8 Å². The van der Waals surface area contributed by atoms with Crippen LogP contribution in [0, 0.1) is 5.92 Å². The third-order valence-electron chi connectivity index (χ3n) is 2.76. The SMILES string of the molecule is CCCCC(CC)CNc1nc(N)nc(N)n1.Cl. The highest BCUT2D eigenvalue weighted by molar-refractivity contribution is 5.85. The molecule has 1 heterocycles. The Bertz CT molecular complexity index is 326. The lowest BCUT2D eigenvalue weighted by atomic mass is 9.99. The molecule has 0 saturated carbocycles. The van der Waals surface area contributed by atoms with Crippen LogP contribution in [0.2, 0.25) is 0 Å². The molecule has 1 aromatic rings. The molecule has 0 amide bonds. The number of hydrogen-bond donors (Lipinski definition) is 3. The van der Waals surface area contributed by atoms with Gasteiger partial charge in [-0.05, 0) is 12.3 Å². The minimum absolute atomic E-state index is 0. The topological polar surface area (TPSA) is 103 Å². The summed E-state index contributed by atoms with van der Waals surface area (Å²) in [6, 6.07) is 0. The monoisotopic (exact) mass is 274 g/mol. The van der Waals surface area contributed by atoms with Gasteiger partial charge in [-0.1, -0.05) is 33.1 Å². The first-order valence-electron chi connectivity index (χ1n) is 6.16. The molecule has 1 atom stereocenters. The van der Waals surface area contributed by atoms with Crippen LogP contribution in [0.3, 0.4) is 0 Å². The molecule has 0 aliphatic rings. The summed E-state index contributed by atoms with van der Waals surface area (Å²) in [7, 11) is 0. The van der Waals surface area contributed by atoms with E-state index in [0.717, 1.165) is 13.0 Å². The van der Waals surface area contributed by atoms with Crippen LogP contribution in [0.25, 0.3) is 0 Å². The molecular formula is C11H23ClN6. The van der Waals surface area contributed by atoms with Crippen molar-refractivity contribution in [3.63, 3.8) is 0 Å². The van der Waals surface area contributed by atoms with Crippen LogP contribution in [0.4, 0.5) is 17.8 Å². The number of unbranched alkanes of at least 4 members (excludes halogenated alkanes) is 1. The van der Waals surface area contributed by atoms with E-state index in [0.29, 0.717) is 11.9 Å². The van der Waals surface area contributed by atoms with E-state index in [1.165, 1.54) is 19.3 Å². The number of anilines is 3. The van der Waals surface area contributed by atoms with Gasteiger partial charge in [-0.2, -0.15) is 15.0 Å². The van der Waals surface area contributed by atoms with Crippen molar-refractivity contribution in [1.82, 2.24) is 15.0 Å². The number of rotatable bonds is 7. The normalized spacial score (nSPS) is 11.7. The third-order valence-corrected chi connectivity index (χ3v) is 2.76. The molecule has 1 rings (SSSR count). The first-order chi connectivity index (χ1) is 8.15. The number of nitrogens with two attached hydrogens (primary N) is 2. The van der Waals surface area contributed by atoms with E-state index in [2.05, 4.69) is 34.1 Å². The predicted molar refractivity (Wildman–Crippen MR) is 77.7 cm³/mol. The molecule has 18 heavy (non-hydrogen) atoms. The summed E-state index contributed by atoms with van der Waals surface area (Å²) < 4.78 is 0. The van der Waals surface area contributed by atoms with E-state index in [-0.39, 0.29) is 24.3 Å². The predicted octanol–water partition coefficient (Wildman–Crippen LogP) is 2.09. The minimum atomic E-state index is 0. The van der Waals surface area contributed by atoms with Crippen molar-refractivity contribution in [2.24, 2.45) is 5.92 Å². The third kappa shape index (κ3) is 5.86. The molecule has 7 heteroatoms. The Kier molecular flexibility index (Phi) is 8.11. The Hall–Kier alpha value is -1.30. The molecule has 1 aromatic heterocycles. The van der Waals surface area contributed by atoms with E-state index < -0.39 is 0 Å². The van der Waals surface area contributed by atoms with Gasteiger partial charge < -0.3 is 16.8 Å². The Morgan fingerprint density at radius 3 is 2.22 bits per heavy atom. The minimum Gasteiger partial charge on any atom is -0.368 e. The van der Waals surface area contributed by atoms with E-state index in [9.17, 15) is 0 Å². The van der Waals surface area contributed by atoms with Gasteiger partial charge in [0, 0.05) is 6.54 Å². The molecular weight excluding hydrogens is 252 g/mol. The fourth-order valence-electron chi connectivity index (χ4n) is 1.67. The van der Waals surface area contributed by atoms with Crippen molar-refractivity contribution in [3.8, 4) is 0 Å². The summed E-state index contributed by atoms with van der Waals surface area (Å²) in [5.74, 6) is 1.40. The Balaban J connectivity index is 0.00000289. The summed E-state index contributed by atoms with van der Waals surface area (Å²) in [6.07, 6.45) is 4.84. The van der Waals surface area contributed by atoms with E-state index >= 15 is 0 Å². The molecule has 0 bridgehead atoms. The highest BCUT2D eigenvalue weighted by Crippen LogP contribution is 2.13. The summed E-state index contributed by atoms with van der Waals surface area (Å²) in [5, 5.41) is 3.16. The van der Waals surface area contributed by atoms with Gasteiger partial charge in [0.05, 0.1) is 0 Å². The van der Waals surface area contributed by atoms with Crippen molar-refractivity contribution in [1.29, 1.82) is 0 Å². The highest BCUT2D eigenvalue weighted by Gasteiger charge is 2.07. The zero-order valence-corrected chi connectivity index (χ0v) is 11.8. The Labute approximate surface area is 114 Å². The first-order valence-corrected chi connectivity index (χ1v) is 6.16. The van der Waals surface area contributed by atoms with Crippen LogP contribution in [-0.2, 0) is 0 Å². The van der Waals surface area contributed by atoms with Crippen LogP contribution >= 0.6 is 12.4 Å². The highest BCUT2D eigenvalue weighted by atomic mass is 35.5. The molecule has 0 aliphatic heterocycles. The smallest absolute Gasteiger partial charge is 0.229 e. The molecule has 0 radical (unpaired) electrons. The van der Waals surface area contributed by atoms with Gasteiger partial charge >= 0.3 is 0 Å². The fourth-order valence-corrected chi connectivity index (χ4v) is 1.67. The van der Waals surface area contributed by atoms with Crippen LogP contribution in [0.1, 0.15) is 39.5 Å². The molecule has 0 spiro atoms. The maximum atomic E-state index is 5.50. The van der Waals surface area contributed by atoms with Crippen molar-refractivity contribution < 1.29 is 0 Å².